The van der Waals surface area contributed by atoms with Gasteiger partial charge < -0.3 is 19.5 Å². The third-order valence-electron chi connectivity index (χ3n) is 2.82. The van der Waals surface area contributed by atoms with Gasteiger partial charge in [0.2, 0.25) is 5.75 Å². The lowest BCUT2D eigenvalue weighted by Gasteiger charge is -2.16. The topological polar surface area (TPSA) is 80.6 Å². The molecule has 0 aromatic heterocycles. The molecule has 6 nitrogen and oxygen atoms in total. The van der Waals surface area contributed by atoms with E-state index in [9.17, 15) is 4.79 Å². The molecule has 0 aliphatic rings. The van der Waals surface area contributed by atoms with E-state index < -0.39 is 11.9 Å². The summed E-state index contributed by atoms with van der Waals surface area (Å²) in [5, 5.41) is 11.5. The molecule has 0 spiro atoms. The molecule has 0 saturated heterocycles. The molecule has 0 bridgehead atoms. The molecule has 1 aromatic rings. The summed E-state index contributed by atoms with van der Waals surface area (Å²) in [6, 6.07) is 4.65. The van der Waals surface area contributed by atoms with Crippen LogP contribution in [0.4, 0.5) is 0 Å². The molecule has 0 heterocycles. The van der Waals surface area contributed by atoms with E-state index in [1.807, 2.05) is 13.0 Å². The van der Waals surface area contributed by atoms with Gasteiger partial charge in [0.25, 0.3) is 5.91 Å². The predicted octanol–water partition coefficient (Wildman–Crippen LogP) is 1.74. The van der Waals surface area contributed by atoms with Crippen LogP contribution in [0.3, 0.4) is 0 Å². The van der Waals surface area contributed by atoms with Crippen LogP contribution in [-0.4, -0.2) is 33.3 Å². The summed E-state index contributed by atoms with van der Waals surface area (Å²) >= 11 is 0. The molecule has 6 heteroatoms. The monoisotopic (exact) mass is 278 g/mol. The van der Waals surface area contributed by atoms with Crippen LogP contribution >= 0.6 is 0 Å². The second-order valence-corrected chi connectivity index (χ2v) is 3.95. The smallest absolute Gasteiger partial charge is 0.256 e. The van der Waals surface area contributed by atoms with Gasteiger partial charge in [-0.2, -0.15) is 5.26 Å². The molecule has 0 saturated carbocycles. The third-order valence-corrected chi connectivity index (χ3v) is 2.82. The number of rotatable bonds is 6. The standard InChI is InChI=1S/C14H18N2O4/c1-5-9(8-15)16-14(17)10-6-7-11(18-2)13(20-4)12(10)19-3/h6-7,9H,5H2,1-4H3,(H,16,17). The Morgan fingerprint density at radius 1 is 1.25 bits per heavy atom. The second kappa shape index (κ2) is 7.24. The Bertz CT molecular complexity index is 523. The highest BCUT2D eigenvalue weighted by atomic mass is 16.5. The van der Waals surface area contributed by atoms with Crippen molar-refractivity contribution < 1.29 is 19.0 Å². The molecule has 1 atom stereocenters. The highest BCUT2D eigenvalue weighted by molar-refractivity contribution is 5.98. The van der Waals surface area contributed by atoms with Crippen LogP contribution in [0.5, 0.6) is 17.2 Å². The number of nitrogens with zero attached hydrogens (tertiary/aromatic N) is 1. The molecular formula is C14H18N2O4. The van der Waals surface area contributed by atoms with Crippen molar-refractivity contribution in [1.82, 2.24) is 5.32 Å². The number of nitriles is 1. The van der Waals surface area contributed by atoms with Gasteiger partial charge in [-0.25, -0.2) is 0 Å². The number of carbonyl (C=O) groups excluding carboxylic acids is 1. The lowest BCUT2D eigenvalue weighted by molar-refractivity contribution is 0.0941. The summed E-state index contributed by atoms with van der Waals surface area (Å²) in [4.78, 5) is 12.2. The number of hydrogen-bond donors (Lipinski definition) is 1. The maximum Gasteiger partial charge on any atom is 0.256 e. The number of ether oxygens (including phenoxy) is 3. The summed E-state index contributed by atoms with van der Waals surface area (Å²) in [6.07, 6.45) is 0.526. The van der Waals surface area contributed by atoms with Crippen molar-refractivity contribution >= 4 is 5.91 Å². The van der Waals surface area contributed by atoms with E-state index >= 15 is 0 Å². The largest absolute Gasteiger partial charge is 0.493 e. The van der Waals surface area contributed by atoms with Gasteiger partial charge in [-0.05, 0) is 18.6 Å². The maximum absolute atomic E-state index is 12.2. The second-order valence-electron chi connectivity index (χ2n) is 3.95. The molecule has 0 aliphatic carbocycles. The van der Waals surface area contributed by atoms with Crippen molar-refractivity contribution in [3.8, 4) is 23.3 Å². The minimum Gasteiger partial charge on any atom is -0.493 e. The fraction of sp³-hybridized carbons (Fsp3) is 0.429. The molecular weight excluding hydrogens is 260 g/mol. The van der Waals surface area contributed by atoms with E-state index in [0.29, 0.717) is 23.5 Å². The lowest BCUT2D eigenvalue weighted by atomic mass is 10.1. The van der Waals surface area contributed by atoms with E-state index in [-0.39, 0.29) is 5.75 Å². The van der Waals surface area contributed by atoms with Crippen molar-refractivity contribution in [1.29, 1.82) is 5.26 Å². The number of benzene rings is 1. The SMILES string of the molecule is CCC(C#N)NC(=O)c1ccc(OC)c(OC)c1OC. The Morgan fingerprint density at radius 2 is 1.90 bits per heavy atom. The minimum absolute atomic E-state index is 0.275. The molecule has 1 aromatic carbocycles. The van der Waals surface area contributed by atoms with Crippen molar-refractivity contribution in [2.75, 3.05) is 21.3 Å². The average Bonchev–Trinajstić information content (AvgIpc) is 2.50. The summed E-state index contributed by atoms with van der Waals surface area (Å²) in [5.74, 6) is 0.689. The first kappa shape index (κ1) is 15.6. The quantitative estimate of drug-likeness (QED) is 0.857. The zero-order chi connectivity index (χ0) is 15.1. The highest BCUT2D eigenvalue weighted by Gasteiger charge is 2.21. The van der Waals surface area contributed by atoms with E-state index in [2.05, 4.69) is 5.32 Å². The van der Waals surface area contributed by atoms with Crippen molar-refractivity contribution in [2.45, 2.75) is 19.4 Å². The van der Waals surface area contributed by atoms with Crippen LogP contribution in [-0.2, 0) is 0 Å². The van der Waals surface area contributed by atoms with E-state index in [4.69, 9.17) is 19.5 Å². The maximum atomic E-state index is 12.2. The number of hydrogen-bond acceptors (Lipinski definition) is 5. The van der Waals surface area contributed by atoms with E-state index in [0.717, 1.165) is 0 Å². The van der Waals surface area contributed by atoms with Crippen molar-refractivity contribution in [2.24, 2.45) is 0 Å². The summed E-state index contributed by atoms with van der Waals surface area (Å²) in [6.45, 7) is 1.82. The zero-order valence-electron chi connectivity index (χ0n) is 12.0. The van der Waals surface area contributed by atoms with Crippen LogP contribution in [0.1, 0.15) is 23.7 Å². The third kappa shape index (κ3) is 3.12. The lowest BCUT2D eigenvalue weighted by Crippen LogP contribution is -2.33. The fourth-order valence-corrected chi connectivity index (χ4v) is 1.74. The van der Waals surface area contributed by atoms with E-state index in [1.54, 1.807) is 12.1 Å². The van der Waals surface area contributed by atoms with Crippen LogP contribution in [0, 0.1) is 11.3 Å². The molecule has 20 heavy (non-hydrogen) atoms. The van der Waals surface area contributed by atoms with Crippen LogP contribution < -0.4 is 19.5 Å². The van der Waals surface area contributed by atoms with Crippen LogP contribution in [0.15, 0.2) is 12.1 Å². The summed E-state index contributed by atoms with van der Waals surface area (Å²) < 4.78 is 15.6. The molecule has 0 fully saturated rings. The molecule has 0 aliphatic heterocycles. The first-order valence-corrected chi connectivity index (χ1v) is 6.12. The van der Waals surface area contributed by atoms with Gasteiger partial charge in [0, 0.05) is 0 Å². The number of nitrogens with one attached hydrogen (secondary N) is 1. The normalized spacial score (nSPS) is 11.2. The molecule has 0 radical (unpaired) electrons. The van der Waals surface area contributed by atoms with Gasteiger partial charge in [0.15, 0.2) is 11.5 Å². The average molecular weight is 278 g/mol. The Labute approximate surface area is 118 Å². The van der Waals surface area contributed by atoms with E-state index in [1.165, 1.54) is 21.3 Å². The molecule has 1 amide bonds. The highest BCUT2D eigenvalue weighted by Crippen LogP contribution is 2.39. The van der Waals surface area contributed by atoms with Gasteiger partial charge in [-0.3, -0.25) is 4.79 Å². The molecule has 108 valence electrons. The van der Waals surface area contributed by atoms with Gasteiger partial charge in [-0.15, -0.1) is 0 Å². The van der Waals surface area contributed by atoms with Gasteiger partial charge in [-0.1, -0.05) is 6.92 Å². The fourth-order valence-electron chi connectivity index (χ4n) is 1.74. The molecule has 1 N–H and O–H groups in total. The zero-order valence-corrected chi connectivity index (χ0v) is 12.0. The van der Waals surface area contributed by atoms with Crippen LogP contribution in [0.2, 0.25) is 0 Å². The van der Waals surface area contributed by atoms with Crippen molar-refractivity contribution in [3.05, 3.63) is 17.7 Å². The predicted molar refractivity (Wildman–Crippen MR) is 73.3 cm³/mol. The number of methoxy groups -OCH3 is 3. The first-order valence-electron chi connectivity index (χ1n) is 6.12. The van der Waals surface area contributed by atoms with Gasteiger partial charge in [0.1, 0.15) is 6.04 Å². The Balaban J connectivity index is 3.18. The Kier molecular flexibility index (Phi) is 5.66. The van der Waals surface area contributed by atoms with Crippen molar-refractivity contribution in [3.63, 3.8) is 0 Å². The van der Waals surface area contributed by atoms with Crippen LogP contribution in [0.25, 0.3) is 0 Å². The minimum atomic E-state index is -0.541. The van der Waals surface area contributed by atoms with Gasteiger partial charge >= 0.3 is 0 Å². The molecule has 1 unspecified atom stereocenters. The first-order chi connectivity index (χ1) is 9.62. The molecule has 1 rings (SSSR count). The van der Waals surface area contributed by atoms with Gasteiger partial charge in [0.05, 0.1) is 33.0 Å². The Hall–Kier alpha value is -2.42. The Morgan fingerprint density at radius 3 is 2.35 bits per heavy atom. The summed E-state index contributed by atoms with van der Waals surface area (Å²) in [7, 11) is 4.40. The number of carbonyl (C=O) groups is 1. The number of amides is 1. The summed E-state index contributed by atoms with van der Waals surface area (Å²) in [5.41, 5.74) is 0.291.